The summed E-state index contributed by atoms with van der Waals surface area (Å²) in [5.74, 6) is -1.51. The van der Waals surface area contributed by atoms with Gasteiger partial charge in [0.25, 0.3) is 0 Å². The van der Waals surface area contributed by atoms with Crippen LogP contribution in [0.3, 0.4) is 0 Å². The molecule has 0 saturated carbocycles. The Labute approximate surface area is 208 Å². The lowest BCUT2D eigenvalue weighted by Crippen LogP contribution is -2.49. The lowest BCUT2D eigenvalue weighted by molar-refractivity contribution is -0.163. The van der Waals surface area contributed by atoms with Gasteiger partial charge in [-0.05, 0) is 44.0 Å². The van der Waals surface area contributed by atoms with Crippen LogP contribution >= 0.6 is 11.8 Å². The Morgan fingerprint density at radius 2 is 1.80 bits per heavy atom. The zero-order valence-electron chi connectivity index (χ0n) is 19.8. The number of amides is 3. The van der Waals surface area contributed by atoms with Crippen LogP contribution in [0, 0.1) is 0 Å². The maximum atomic E-state index is 13.2. The molecule has 0 aliphatic carbocycles. The molecule has 0 spiro atoms. The second-order valence-corrected chi connectivity index (χ2v) is 10.1. The highest BCUT2D eigenvalue weighted by atomic mass is 32.2. The molecule has 186 valence electrons. The minimum Gasteiger partial charge on any atom is -0.481 e. The summed E-state index contributed by atoms with van der Waals surface area (Å²) >= 11 is 1.47. The number of carbonyl (C=O) groups excluding carboxylic acids is 3. The molecule has 1 saturated heterocycles. The van der Waals surface area contributed by atoms with Gasteiger partial charge in [-0.2, -0.15) is 0 Å². The summed E-state index contributed by atoms with van der Waals surface area (Å²) in [6.45, 7) is 4.98. The summed E-state index contributed by atoms with van der Waals surface area (Å²) in [7, 11) is 0. The maximum Gasteiger partial charge on any atom is 0.330 e. The molecule has 3 rings (SSSR count). The number of hydrogen-bond acceptors (Lipinski definition) is 6. The van der Waals surface area contributed by atoms with Crippen molar-refractivity contribution >= 4 is 41.3 Å². The Kier molecular flexibility index (Phi) is 8.39. The molecule has 35 heavy (non-hydrogen) atoms. The lowest BCUT2D eigenvalue weighted by Gasteiger charge is -2.30. The highest BCUT2D eigenvalue weighted by molar-refractivity contribution is 7.99. The quantitative estimate of drug-likeness (QED) is 0.499. The molecule has 2 atom stereocenters. The van der Waals surface area contributed by atoms with E-state index in [1.54, 1.807) is 45.0 Å². The van der Waals surface area contributed by atoms with E-state index in [0.717, 1.165) is 5.56 Å². The number of hydrogen-bond donors (Lipinski definition) is 3. The molecular weight excluding hydrogens is 470 g/mol. The number of aliphatic carboxylic acids is 1. The topological polar surface area (TPSA) is 125 Å². The Balaban J connectivity index is 1.69. The number of carbonyl (C=O) groups is 4. The fourth-order valence-electron chi connectivity index (χ4n) is 3.59. The molecule has 3 N–H and O–H groups in total. The summed E-state index contributed by atoms with van der Waals surface area (Å²) < 4.78 is 5.54. The monoisotopic (exact) mass is 499 g/mol. The van der Waals surface area contributed by atoms with Crippen molar-refractivity contribution in [3.05, 3.63) is 65.7 Å². The summed E-state index contributed by atoms with van der Waals surface area (Å²) in [6, 6.07) is 14.4. The molecule has 9 nitrogen and oxygen atoms in total. The van der Waals surface area contributed by atoms with E-state index >= 15 is 0 Å². The Hall–Kier alpha value is -3.53. The van der Waals surface area contributed by atoms with Crippen molar-refractivity contribution in [2.24, 2.45) is 0 Å². The van der Waals surface area contributed by atoms with Gasteiger partial charge in [0.15, 0.2) is 0 Å². The highest BCUT2D eigenvalue weighted by Gasteiger charge is 2.43. The van der Waals surface area contributed by atoms with Crippen LogP contribution < -0.4 is 10.6 Å². The van der Waals surface area contributed by atoms with Crippen molar-refractivity contribution < 1.29 is 29.0 Å². The molecule has 0 radical (unpaired) electrons. The second kappa shape index (κ2) is 11.3. The SMILES string of the molecule is CC(C)(C)OC(=O)C1CSC(c2ccccc2)N1C(=O)CNC(=O)Nc1cccc(CC(=O)O)c1. The maximum absolute atomic E-state index is 13.2. The van der Waals surface area contributed by atoms with Crippen LogP contribution in [0.15, 0.2) is 54.6 Å². The molecule has 0 bridgehead atoms. The number of ether oxygens (including phenoxy) is 1. The smallest absolute Gasteiger partial charge is 0.330 e. The standard InChI is InChI=1S/C25H29N3O6S/c1-25(2,3)34-23(32)19-15-35-22(17-9-5-4-6-10-17)28(19)20(29)14-26-24(33)27-18-11-7-8-16(12-18)13-21(30)31/h4-12,19,22H,13-15H2,1-3H3,(H,30,31)(H2,26,27,33). The van der Waals surface area contributed by atoms with Crippen molar-refractivity contribution in [2.45, 2.75) is 44.2 Å². The average Bonchev–Trinajstić information content (AvgIpc) is 3.22. The normalized spacial score (nSPS) is 17.5. The number of rotatable bonds is 7. The van der Waals surface area contributed by atoms with Gasteiger partial charge in [-0.25, -0.2) is 9.59 Å². The van der Waals surface area contributed by atoms with Gasteiger partial charge >= 0.3 is 18.0 Å². The highest BCUT2D eigenvalue weighted by Crippen LogP contribution is 2.41. The summed E-state index contributed by atoms with van der Waals surface area (Å²) in [4.78, 5) is 50.9. The first-order valence-electron chi connectivity index (χ1n) is 11.1. The van der Waals surface area contributed by atoms with Gasteiger partial charge in [-0.3, -0.25) is 9.59 Å². The third-order valence-electron chi connectivity index (χ3n) is 4.99. The summed E-state index contributed by atoms with van der Waals surface area (Å²) in [5, 5.41) is 13.7. The number of urea groups is 1. The number of nitrogens with one attached hydrogen (secondary N) is 2. The van der Waals surface area contributed by atoms with Crippen molar-refractivity contribution in [3.8, 4) is 0 Å². The van der Waals surface area contributed by atoms with Gasteiger partial charge in [0.1, 0.15) is 17.0 Å². The van der Waals surface area contributed by atoms with E-state index in [0.29, 0.717) is 17.0 Å². The summed E-state index contributed by atoms with van der Waals surface area (Å²) in [6.07, 6.45) is -0.171. The van der Waals surface area contributed by atoms with E-state index in [-0.39, 0.29) is 13.0 Å². The van der Waals surface area contributed by atoms with E-state index in [1.165, 1.54) is 16.7 Å². The third-order valence-corrected chi connectivity index (χ3v) is 6.32. The number of carboxylic acids is 1. The van der Waals surface area contributed by atoms with Gasteiger partial charge in [0, 0.05) is 11.4 Å². The minimum absolute atomic E-state index is 0.171. The molecule has 2 unspecified atom stereocenters. The van der Waals surface area contributed by atoms with E-state index < -0.39 is 40.9 Å². The number of anilines is 1. The molecule has 2 aromatic carbocycles. The minimum atomic E-state index is -0.979. The molecule has 2 aromatic rings. The number of esters is 1. The molecule has 1 aliphatic heterocycles. The largest absolute Gasteiger partial charge is 0.481 e. The number of benzene rings is 2. The first-order chi connectivity index (χ1) is 16.5. The first kappa shape index (κ1) is 26.1. The van der Waals surface area contributed by atoms with Crippen molar-refractivity contribution in [1.29, 1.82) is 0 Å². The Morgan fingerprint density at radius 1 is 1.09 bits per heavy atom. The molecule has 1 fully saturated rings. The Bertz CT molecular complexity index is 1090. The van der Waals surface area contributed by atoms with Crippen LogP contribution in [0.1, 0.15) is 37.3 Å². The van der Waals surface area contributed by atoms with E-state index in [1.807, 2.05) is 30.3 Å². The first-order valence-corrected chi connectivity index (χ1v) is 12.1. The molecule has 0 aromatic heterocycles. The van der Waals surface area contributed by atoms with Crippen LogP contribution in [0.2, 0.25) is 0 Å². The van der Waals surface area contributed by atoms with Crippen LogP contribution in [0.5, 0.6) is 0 Å². The average molecular weight is 500 g/mol. The van der Waals surface area contributed by atoms with Crippen LogP contribution in [0.25, 0.3) is 0 Å². The van der Waals surface area contributed by atoms with Crippen molar-refractivity contribution in [1.82, 2.24) is 10.2 Å². The van der Waals surface area contributed by atoms with E-state index in [2.05, 4.69) is 10.6 Å². The molecule has 3 amide bonds. The molecule has 1 heterocycles. The van der Waals surface area contributed by atoms with Crippen molar-refractivity contribution in [3.63, 3.8) is 0 Å². The predicted molar refractivity (Wildman–Crippen MR) is 133 cm³/mol. The third kappa shape index (κ3) is 7.48. The number of thioether (sulfide) groups is 1. The van der Waals surface area contributed by atoms with Gasteiger partial charge in [-0.15, -0.1) is 11.8 Å². The summed E-state index contributed by atoms with van der Waals surface area (Å²) in [5.41, 5.74) is 1.11. The molecule has 10 heteroatoms. The lowest BCUT2D eigenvalue weighted by atomic mass is 10.1. The number of nitrogens with zero attached hydrogens (tertiary/aromatic N) is 1. The van der Waals surface area contributed by atoms with E-state index in [9.17, 15) is 19.2 Å². The zero-order chi connectivity index (χ0) is 25.6. The van der Waals surface area contributed by atoms with Gasteiger partial charge < -0.3 is 25.4 Å². The fraction of sp³-hybridized carbons (Fsp3) is 0.360. The predicted octanol–water partition coefficient (Wildman–Crippen LogP) is 3.42. The Morgan fingerprint density at radius 3 is 2.46 bits per heavy atom. The van der Waals surface area contributed by atoms with Crippen LogP contribution in [0.4, 0.5) is 10.5 Å². The van der Waals surface area contributed by atoms with Gasteiger partial charge in [0.05, 0.1) is 13.0 Å². The van der Waals surface area contributed by atoms with Gasteiger partial charge in [-0.1, -0.05) is 42.5 Å². The van der Waals surface area contributed by atoms with E-state index in [4.69, 9.17) is 9.84 Å². The molecular formula is C25H29N3O6S. The fourth-order valence-corrected chi connectivity index (χ4v) is 5.03. The van der Waals surface area contributed by atoms with Gasteiger partial charge in [0.2, 0.25) is 5.91 Å². The van der Waals surface area contributed by atoms with Crippen LogP contribution in [-0.4, -0.2) is 57.8 Å². The van der Waals surface area contributed by atoms with Crippen molar-refractivity contribution in [2.75, 3.05) is 17.6 Å². The molecule has 1 aliphatic rings. The second-order valence-electron chi connectivity index (χ2n) is 9.03. The number of carboxylic acid groups (broad SMARTS) is 1. The zero-order valence-corrected chi connectivity index (χ0v) is 20.6. The van der Waals surface area contributed by atoms with Crippen LogP contribution in [-0.2, 0) is 25.5 Å².